The zero-order valence-corrected chi connectivity index (χ0v) is 12.1. The zero-order chi connectivity index (χ0) is 15.5. The van der Waals surface area contributed by atoms with E-state index in [-0.39, 0.29) is 5.97 Å². The summed E-state index contributed by atoms with van der Waals surface area (Å²) < 4.78 is 10.4. The molecule has 0 aromatic heterocycles. The number of benzene rings is 1. The fraction of sp³-hybridized carbons (Fsp3) is 0.375. The van der Waals surface area contributed by atoms with Crippen LogP contribution < -0.4 is 4.74 Å². The third-order valence-corrected chi connectivity index (χ3v) is 2.64. The Morgan fingerprint density at radius 1 is 1.19 bits per heavy atom. The molecule has 0 aliphatic rings. The van der Waals surface area contributed by atoms with E-state index in [9.17, 15) is 9.59 Å². The summed E-state index contributed by atoms with van der Waals surface area (Å²) in [6.45, 7) is 2.42. The number of unbranched alkanes of at least 4 members (excludes halogenated alkanes) is 2. The van der Waals surface area contributed by atoms with Gasteiger partial charge in [-0.2, -0.15) is 0 Å². The van der Waals surface area contributed by atoms with E-state index in [0.717, 1.165) is 30.9 Å². The first kappa shape index (κ1) is 16.8. The molecule has 0 bridgehead atoms. The number of rotatable bonds is 9. The fourth-order valence-electron chi connectivity index (χ4n) is 1.66. The Labute approximate surface area is 124 Å². The molecule has 0 heterocycles. The van der Waals surface area contributed by atoms with Crippen molar-refractivity contribution in [1.82, 2.24) is 0 Å². The summed E-state index contributed by atoms with van der Waals surface area (Å²) in [7, 11) is 0. The number of hydrogen-bond acceptors (Lipinski definition) is 4. The highest BCUT2D eigenvalue weighted by atomic mass is 16.5. The Hall–Kier alpha value is -2.30. The highest BCUT2D eigenvalue weighted by Crippen LogP contribution is 2.15. The van der Waals surface area contributed by atoms with Crippen LogP contribution >= 0.6 is 0 Å². The van der Waals surface area contributed by atoms with Gasteiger partial charge in [-0.15, -0.1) is 0 Å². The number of ether oxygens (including phenoxy) is 2. The van der Waals surface area contributed by atoms with Crippen molar-refractivity contribution in [2.24, 2.45) is 0 Å². The molecule has 1 N–H and O–H groups in total. The average Bonchev–Trinajstić information content (AvgIpc) is 2.44. The van der Waals surface area contributed by atoms with Gasteiger partial charge < -0.3 is 14.6 Å². The molecule has 0 saturated carbocycles. The molecule has 0 aliphatic heterocycles. The van der Waals surface area contributed by atoms with Gasteiger partial charge in [0, 0.05) is 13.0 Å². The molecular weight excluding hydrogens is 272 g/mol. The minimum atomic E-state index is -0.978. The molecule has 0 radical (unpaired) electrons. The van der Waals surface area contributed by atoms with E-state index in [0.29, 0.717) is 19.0 Å². The summed E-state index contributed by atoms with van der Waals surface area (Å²) in [6.07, 6.45) is 5.23. The normalized spacial score (nSPS) is 10.5. The summed E-state index contributed by atoms with van der Waals surface area (Å²) in [4.78, 5) is 21.0. The van der Waals surface area contributed by atoms with Gasteiger partial charge in [0.25, 0.3) is 0 Å². The topological polar surface area (TPSA) is 72.8 Å². The smallest absolute Gasteiger partial charge is 0.328 e. The van der Waals surface area contributed by atoms with E-state index in [1.807, 2.05) is 18.2 Å². The second kappa shape index (κ2) is 9.58. The summed E-state index contributed by atoms with van der Waals surface area (Å²) in [6, 6.07) is 7.25. The first-order valence-electron chi connectivity index (χ1n) is 6.85. The monoisotopic (exact) mass is 292 g/mol. The Balaban J connectivity index is 2.24. The van der Waals surface area contributed by atoms with Gasteiger partial charge in [-0.1, -0.05) is 12.1 Å². The van der Waals surface area contributed by atoms with Gasteiger partial charge in [0.05, 0.1) is 13.2 Å². The number of carbonyl (C=O) groups is 2. The van der Waals surface area contributed by atoms with Crippen molar-refractivity contribution in [3.05, 3.63) is 35.9 Å². The maximum Gasteiger partial charge on any atom is 0.328 e. The van der Waals surface area contributed by atoms with Gasteiger partial charge >= 0.3 is 11.9 Å². The van der Waals surface area contributed by atoms with Crippen LogP contribution in [0.25, 0.3) is 6.08 Å². The third kappa shape index (κ3) is 8.47. The molecule has 114 valence electrons. The van der Waals surface area contributed by atoms with E-state index in [1.165, 1.54) is 13.0 Å². The quantitative estimate of drug-likeness (QED) is 0.430. The minimum absolute atomic E-state index is 0.252. The molecule has 0 saturated heterocycles. The largest absolute Gasteiger partial charge is 0.494 e. The second-order valence-corrected chi connectivity index (χ2v) is 4.49. The number of aliphatic carboxylic acids is 1. The van der Waals surface area contributed by atoms with Crippen LogP contribution in [0.4, 0.5) is 0 Å². The molecule has 0 aliphatic carbocycles. The van der Waals surface area contributed by atoms with Gasteiger partial charge in [0.1, 0.15) is 5.75 Å². The van der Waals surface area contributed by atoms with Crippen LogP contribution in [-0.4, -0.2) is 30.3 Å². The van der Waals surface area contributed by atoms with E-state index in [4.69, 9.17) is 14.6 Å². The van der Waals surface area contributed by atoms with Gasteiger partial charge in [-0.25, -0.2) is 4.79 Å². The van der Waals surface area contributed by atoms with Crippen molar-refractivity contribution in [3.63, 3.8) is 0 Å². The molecule has 1 aromatic rings. The second-order valence-electron chi connectivity index (χ2n) is 4.49. The van der Waals surface area contributed by atoms with Crippen molar-refractivity contribution in [3.8, 4) is 5.75 Å². The molecule has 0 fully saturated rings. The average molecular weight is 292 g/mol. The van der Waals surface area contributed by atoms with Crippen LogP contribution in [0.2, 0.25) is 0 Å². The van der Waals surface area contributed by atoms with Gasteiger partial charge in [-0.3, -0.25) is 4.79 Å². The van der Waals surface area contributed by atoms with Gasteiger partial charge in [0.15, 0.2) is 0 Å². The minimum Gasteiger partial charge on any atom is -0.494 e. The lowest BCUT2D eigenvalue weighted by Crippen LogP contribution is -2.02. The Morgan fingerprint density at radius 3 is 2.67 bits per heavy atom. The van der Waals surface area contributed by atoms with Crippen LogP contribution in [0.1, 0.15) is 31.7 Å². The summed E-state index contributed by atoms with van der Waals surface area (Å²) in [5, 5.41) is 8.57. The van der Waals surface area contributed by atoms with Gasteiger partial charge in [-0.05, 0) is 43.0 Å². The molecule has 0 atom stereocenters. The predicted octanol–water partition coefficient (Wildman–Crippen LogP) is 2.90. The van der Waals surface area contributed by atoms with Crippen molar-refractivity contribution in [2.75, 3.05) is 13.2 Å². The van der Waals surface area contributed by atoms with E-state index in [2.05, 4.69) is 0 Å². The van der Waals surface area contributed by atoms with Crippen LogP contribution in [0, 0.1) is 0 Å². The molecule has 21 heavy (non-hydrogen) atoms. The number of hydrogen-bond donors (Lipinski definition) is 1. The zero-order valence-electron chi connectivity index (χ0n) is 12.1. The lowest BCUT2D eigenvalue weighted by molar-refractivity contribution is -0.141. The summed E-state index contributed by atoms with van der Waals surface area (Å²) in [5.41, 5.74) is 0.782. The first-order chi connectivity index (χ1) is 10.1. The van der Waals surface area contributed by atoms with Gasteiger partial charge in [0.2, 0.25) is 0 Å². The van der Waals surface area contributed by atoms with Crippen LogP contribution in [0.5, 0.6) is 5.75 Å². The fourth-order valence-corrected chi connectivity index (χ4v) is 1.66. The first-order valence-corrected chi connectivity index (χ1v) is 6.85. The third-order valence-electron chi connectivity index (χ3n) is 2.64. The lowest BCUT2D eigenvalue weighted by Gasteiger charge is -2.07. The molecular formula is C16H20O5. The van der Waals surface area contributed by atoms with E-state index < -0.39 is 5.97 Å². The standard InChI is InChI=1S/C16H20O5/c1-13(17)20-10-3-2-4-11-21-15-7-5-6-14(12-15)8-9-16(18)19/h5-9,12H,2-4,10-11H2,1H3,(H,18,19)/b9-8+. The van der Waals surface area contributed by atoms with Crippen LogP contribution in [0.3, 0.4) is 0 Å². The maximum atomic E-state index is 10.6. The summed E-state index contributed by atoms with van der Waals surface area (Å²) in [5.74, 6) is -0.519. The van der Waals surface area contributed by atoms with Crippen LogP contribution in [0.15, 0.2) is 30.3 Å². The number of esters is 1. The predicted molar refractivity (Wildman–Crippen MR) is 79.1 cm³/mol. The molecule has 0 spiro atoms. The lowest BCUT2D eigenvalue weighted by atomic mass is 10.2. The van der Waals surface area contributed by atoms with Crippen molar-refractivity contribution in [2.45, 2.75) is 26.2 Å². The summed E-state index contributed by atoms with van der Waals surface area (Å²) >= 11 is 0. The van der Waals surface area contributed by atoms with Crippen molar-refractivity contribution < 1.29 is 24.2 Å². The Bertz CT molecular complexity index is 493. The molecule has 0 unspecified atom stereocenters. The molecule has 1 rings (SSSR count). The molecule has 0 amide bonds. The number of carbonyl (C=O) groups excluding carboxylic acids is 1. The van der Waals surface area contributed by atoms with E-state index in [1.54, 1.807) is 6.07 Å². The molecule has 5 heteroatoms. The Morgan fingerprint density at radius 2 is 1.95 bits per heavy atom. The number of carboxylic acid groups (broad SMARTS) is 1. The van der Waals surface area contributed by atoms with Crippen molar-refractivity contribution >= 4 is 18.0 Å². The molecule has 1 aromatic carbocycles. The highest BCUT2D eigenvalue weighted by Gasteiger charge is 1.97. The molecule has 5 nitrogen and oxygen atoms in total. The van der Waals surface area contributed by atoms with Crippen LogP contribution in [-0.2, 0) is 14.3 Å². The highest BCUT2D eigenvalue weighted by molar-refractivity contribution is 5.85. The maximum absolute atomic E-state index is 10.6. The van der Waals surface area contributed by atoms with Crippen molar-refractivity contribution in [1.29, 1.82) is 0 Å². The SMILES string of the molecule is CC(=O)OCCCCCOc1cccc(/C=C/C(=O)O)c1. The van der Waals surface area contributed by atoms with E-state index >= 15 is 0 Å². The Kier molecular flexibility index (Phi) is 7.64. The number of carboxylic acids is 1.